The predicted octanol–water partition coefficient (Wildman–Crippen LogP) is 1.27. The Morgan fingerprint density at radius 2 is 2.11 bits per heavy atom. The molecule has 0 saturated carbocycles. The third kappa shape index (κ3) is 1.90. The zero-order chi connectivity index (χ0) is 13.5. The monoisotopic (exact) mass is 258 g/mol. The lowest BCUT2D eigenvalue weighted by atomic mass is 10.2. The molecule has 18 heavy (non-hydrogen) atoms. The van der Waals surface area contributed by atoms with Gasteiger partial charge in [-0.15, -0.1) is 0 Å². The maximum atomic E-state index is 12.6. The van der Waals surface area contributed by atoms with E-state index in [1.807, 2.05) is 5.43 Å². The van der Waals surface area contributed by atoms with Crippen molar-refractivity contribution in [1.82, 2.24) is 14.8 Å². The van der Waals surface area contributed by atoms with Gasteiger partial charge in [0.25, 0.3) is 5.91 Å². The summed E-state index contributed by atoms with van der Waals surface area (Å²) in [5.74, 6) is 4.29. The van der Waals surface area contributed by atoms with E-state index in [2.05, 4.69) is 4.98 Å². The maximum absolute atomic E-state index is 12.6. The summed E-state index contributed by atoms with van der Waals surface area (Å²) in [5, 5.41) is 0. The lowest BCUT2D eigenvalue weighted by Gasteiger charge is -2.07. The van der Waals surface area contributed by atoms with Crippen molar-refractivity contribution in [2.45, 2.75) is 13.1 Å². The van der Waals surface area contributed by atoms with Crippen molar-refractivity contribution in [3.8, 4) is 0 Å². The van der Waals surface area contributed by atoms with Crippen LogP contribution in [-0.2, 0) is 6.18 Å². The lowest BCUT2D eigenvalue weighted by molar-refractivity contribution is -0.137. The lowest BCUT2D eigenvalue weighted by Crippen LogP contribution is -2.31. The first-order valence-corrected chi connectivity index (χ1v) is 4.91. The van der Waals surface area contributed by atoms with E-state index < -0.39 is 17.6 Å². The first-order valence-electron chi connectivity index (χ1n) is 4.91. The van der Waals surface area contributed by atoms with Gasteiger partial charge in [0.1, 0.15) is 11.3 Å². The number of nitrogens with two attached hydrogens (primary N) is 1. The molecule has 0 aliphatic carbocycles. The molecule has 0 spiro atoms. The van der Waals surface area contributed by atoms with Gasteiger partial charge >= 0.3 is 6.18 Å². The average molecular weight is 258 g/mol. The van der Waals surface area contributed by atoms with Crippen LogP contribution in [-0.4, -0.2) is 15.3 Å². The van der Waals surface area contributed by atoms with Gasteiger partial charge in [-0.3, -0.25) is 14.6 Å². The van der Waals surface area contributed by atoms with Gasteiger partial charge in [0, 0.05) is 6.20 Å². The number of carbonyl (C=O) groups is 1. The van der Waals surface area contributed by atoms with Crippen LogP contribution in [0.3, 0.4) is 0 Å². The van der Waals surface area contributed by atoms with Gasteiger partial charge < -0.3 is 0 Å². The SMILES string of the molecule is Cc1nc2ccc(C(F)(F)F)cn2c1C(=O)NN. The van der Waals surface area contributed by atoms with Gasteiger partial charge in [0.15, 0.2) is 0 Å². The Morgan fingerprint density at radius 1 is 1.44 bits per heavy atom. The molecule has 5 nitrogen and oxygen atoms in total. The van der Waals surface area contributed by atoms with E-state index in [-0.39, 0.29) is 11.3 Å². The first kappa shape index (κ1) is 12.4. The number of rotatable bonds is 1. The summed E-state index contributed by atoms with van der Waals surface area (Å²) in [6.45, 7) is 1.52. The van der Waals surface area contributed by atoms with Gasteiger partial charge in [0.05, 0.1) is 11.3 Å². The number of hydrogen-bond donors (Lipinski definition) is 2. The fourth-order valence-corrected chi connectivity index (χ4v) is 1.67. The van der Waals surface area contributed by atoms with Crippen LogP contribution < -0.4 is 11.3 Å². The number of pyridine rings is 1. The number of aryl methyl sites for hydroxylation is 1. The summed E-state index contributed by atoms with van der Waals surface area (Å²) in [6, 6.07) is 2.11. The number of hydrazine groups is 1. The summed E-state index contributed by atoms with van der Waals surface area (Å²) in [5.41, 5.74) is 1.55. The number of fused-ring (bicyclic) bond motifs is 1. The largest absolute Gasteiger partial charge is 0.417 e. The van der Waals surface area contributed by atoms with Crippen LogP contribution in [0.5, 0.6) is 0 Å². The zero-order valence-corrected chi connectivity index (χ0v) is 9.25. The topological polar surface area (TPSA) is 72.4 Å². The summed E-state index contributed by atoms with van der Waals surface area (Å²) in [6.07, 6.45) is -3.66. The van der Waals surface area contributed by atoms with Crippen LogP contribution in [0.25, 0.3) is 5.65 Å². The molecule has 2 aromatic rings. The van der Waals surface area contributed by atoms with Crippen LogP contribution in [0.15, 0.2) is 18.3 Å². The fraction of sp³-hybridized carbons (Fsp3) is 0.200. The van der Waals surface area contributed by atoms with E-state index in [1.165, 1.54) is 13.0 Å². The van der Waals surface area contributed by atoms with Crippen LogP contribution in [0.4, 0.5) is 13.2 Å². The molecule has 0 unspecified atom stereocenters. The highest BCUT2D eigenvalue weighted by molar-refractivity contribution is 5.94. The normalized spacial score (nSPS) is 11.8. The number of amides is 1. The molecular weight excluding hydrogens is 249 g/mol. The molecule has 0 atom stereocenters. The molecule has 96 valence electrons. The van der Waals surface area contributed by atoms with Gasteiger partial charge in [-0.25, -0.2) is 10.8 Å². The smallest absolute Gasteiger partial charge is 0.295 e. The maximum Gasteiger partial charge on any atom is 0.417 e. The van der Waals surface area contributed by atoms with Gasteiger partial charge in [-0.05, 0) is 19.1 Å². The second-order valence-corrected chi connectivity index (χ2v) is 3.66. The highest BCUT2D eigenvalue weighted by Crippen LogP contribution is 2.29. The molecule has 8 heteroatoms. The third-order valence-electron chi connectivity index (χ3n) is 2.47. The van der Waals surface area contributed by atoms with Crippen molar-refractivity contribution >= 4 is 11.6 Å². The molecule has 0 aromatic carbocycles. The molecule has 3 N–H and O–H groups in total. The van der Waals surface area contributed by atoms with Gasteiger partial charge in [-0.2, -0.15) is 13.2 Å². The molecule has 0 radical (unpaired) electrons. The summed E-state index contributed by atoms with van der Waals surface area (Å²) >= 11 is 0. The van der Waals surface area contributed by atoms with Gasteiger partial charge in [0.2, 0.25) is 0 Å². The predicted molar refractivity (Wildman–Crippen MR) is 56.6 cm³/mol. The molecular formula is C10H9F3N4O. The zero-order valence-electron chi connectivity index (χ0n) is 9.25. The van der Waals surface area contributed by atoms with Crippen molar-refractivity contribution in [2.75, 3.05) is 0 Å². The van der Waals surface area contributed by atoms with Crippen molar-refractivity contribution in [3.05, 3.63) is 35.3 Å². The number of nitrogens with one attached hydrogen (secondary N) is 1. The van der Waals surface area contributed by atoms with E-state index in [1.54, 1.807) is 0 Å². The van der Waals surface area contributed by atoms with Crippen molar-refractivity contribution < 1.29 is 18.0 Å². The Labute approximate surface area is 99.4 Å². The van der Waals surface area contributed by atoms with E-state index in [0.717, 1.165) is 16.7 Å². The molecule has 0 aliphatic heterocycles. The molecule has 2 aromatic heterocycles. The number of carbonyl (C=O) groups excluding carboxylic acids is 1. The Bertz CT molecular complexity index is 617. The number of nitrogen functional groups attached to an aromatic ring is 1. The minimum atomic E-state index is -4.48. The van der Waals surface area contributed by atoms with Crippen molar-refractivity contribution in [2.24, 2.45) is 5.84 Å². The highest BCUT2D eigenvalue weighted by Gasteiger charge is 2.31. The summed E-state index contributed by atoms with van der Waals surface area (Å²) in [7, 11) is 0. The number of hydrogen-bond acceptors (Lipinski definition) is 3. The van der Waals surface area contributed by atoms with Crippen molar-refractivity contribution in [1.29, 1.82) is 0 Å². The Kier molecular flexibility index (Phi) is 2.74. The number of nitrogens with zero attached hydrogens (tertiary/aromatic N) is 2. The second-order valence-electron chi connectivity index (χ2n) is 3.66. The Balaban J connectivity index is 2.71. The second kappa shape index (κ2) is 3.98. The fourth-order valence-electron chi connectivity index (χ4n) is 1.67. The van der Waals surface area contributed by atoms with E-state index >= 15 is 0 Å². The summed E-state index contributed by atoms with van der Waals surface area (Å²) in [4.78, 5) is 15.5. The molecule has 0 aliphatic rings. The van der Waals surface area contributed by atoms with E-state index in [9.17, 15) is 18.0 Å². The molecule has 0 saturated heterocycles. The highest BCUT2D eigenvalue weighted by atomic mass is 19.4. The van der Waals surface area contributed by atoms with Gasteiger partial charge in [-0.1, -0.05) is 0 Å². The summed E-state index contributed by atoms with van der Waals surface area (Å²) < 4.78 is 38.8. The minimum absolute atomic E-state index is 0.0152. The number of alkyl halides is 3. The standard InChI is InChI=1S/C10H9F3N4O/c1-5-8(9(18)16-14)17-4-6(10(11,12)13)2-3-7(17)15-5/h2-4H,14H2,1H3,(H,16,18). The van der Waals surface area contributed by atoms with Crippen molar-refractivity contribution in [3.63, 3.8) is 0 Å². The number of halogens is 3. The quantitative estimate of drug-likeness (QED) is 0.459. The Morgan fingerprint density at radius 3 is 2.67 bits per heavy atom. The van der Waals surface area contributed by atoms with Crippen LogP contribution >= 0.6 is 0 Å². The molecule has 1 amide bonds. The van der Waals surface area contributed by atoms with Crippen LogP contribution in [0, 0.1) is 6.92 Å². The van der Waals surface area contributed by atoms with Crippen LogP contribution in [0.2, 0.25) is 0 Å². The van der Waals surface area contributed by atoms with Crippen LogP contribution in [0.1, 0.15) is 21.7 Å². The molecule has 0 fully saturated rings. The first-order chi connectivity index (χ1) is 8.34. The molecule has 2 heterocycles. The number of aromatic nitrogens is 2. The van der Waals surface area contributed by atoms with E-state index in [0.29, 0.717) is 5.69 Å². The molecule has 2 rings (SSSR count). The van der Waals surface area contributed by atoms with E-state index in [4.69, 9.17) is 5.84 Å². The number of imidazole rings is 1. The minimum Gasteiger partial charge on any atom is -0.295 e. The molecule has 0 bridgehead atoms. The third-order valence-corrected chi connectivity index (χ3v) is 2.47. The average Bonchev–Trinajstić information content (AvgIpc) is 2.61. The Hall–Kier alpha value is -2.09.